The molecule has 0 N–H and O–H groups in total. The monoisotopic (exact) mass is 710 g/mol. The van der Waals surface area contributed by atoms with Crippen molar-refractivity contribution in [2.75, 3.05) is 14.2 Å². The maximum atomic E-state index is 12.2. The van der Waals surface area contributed by atoms with Crippen molar-refractivity contribution in [3.63, 3.8) is 0 Å². The van der Waals surface area contributed by atoms with Gasteiger partial charge in [0.1, 0.15) is 0 Å². The summed E-state index contributed by atoms with van der Waals surface area (Å²) in [5.74, 6) is -0.653. The van der Waals surface area contributed by atoms with Gasteiger partial charge in [0.15, 0.2) is 0 Å². The quantitative estimate of drug-likeness (QED) is 0.135. The van der Waals surface area contributed by atoms with Crippen LogP contribution in [-0.2, 0) is 22.3 Å². The number of fused-ring (bicyclic) bond motifs is 2. The first kappa shape index (κ1) is 31.4. The van der Waals surface area contributed by atoms with Gasteiger partial charge in [-0.1, -0.05) is 105 Å². The lowest BCUT2D eigenvalue weighted by molar-refractivity contribution is 0.0594. The molecule has 222 valence electrons. The molecule has 0 saturated carbocycles. The number of allylic oxidation sites excluding steroid dienone is 2. The van der Waals surface area contributed by atoms with E-state index in [-0.39, 0.29) is 11.9 Å². The van der Waals surface area contributed by atoms with Crippen molar-refractivity contribution >= 4 is 77.5 Å². The van der Waals surface area contributed by atoms with E-state index in [9.17, 15) is 9.59 Å². The summed E-state index contributed by atoms with van der Waals surface area (Å²) in [6.07, 6.45) is 12.1. The maximum absolute atomic E-state index is 12.2. The van der Waals surface area contributed by atoms with Crippen LogP contribution >= 0.6 is 31.9 Å². The van der Waals surface area contributed by atoms with Crippen molar-refractivity contribution in [3.8, 4) is 0 Å². The van der Waals surface area contributed by atoms with E-state index in [0.717, 1.165) is 67.3 Å². The van der Waals surface area contributed by atoms with Gasteiger partial charge in [0, 0.05) is 8.95 Å². The molecule has 0 aromatic heterocycles. The van der Waals surface area contributed by atoms with Gasteiger partial charge in [0.2, 0.25) is 0 Å². The summed E-state index contributed by atoms with van der Waals surface area (Å²) in [6.45, 7) is 0. The number of ether oxygens (including phenoxy) is 2. The van der Waals surface area contributed by atoms with Crippen LogP contribution in [0.4, 0.5) is 0 Å². The van der Waals surface area contributed by atoms with E-state index in [0.29, 0.717) is 11.1 Å². The Labute approximate surface area is 274 Å². The van der Waals surface area contributed by atoms with Gasteiger partial charge in [-0.05, 0) is 106 Å². The predicted octanol–water partition coefficient (Wildman–Crippen LogP) is 10.4. The molecule has 0 unspecified atom stereocenters. The third-order valence-electron chi connectivity index (χ3n) is 7.62. The zero-order chi connectivity index (χ0) is 31.1. The normalized spacial score (nSPS) is 11.5. The van der Waals surface area contributed by atoms with Crippen LogP contribution in [0.15, 0.2) is 106 Å². The Hall–Kier alpha value is -4.00. The highest BCUT2D eigenvalue weighted by atomic mass is 79.9. The van der Waals surface area contributed by atoms with Gasteiger partial charge in [-0.2, -0.15) is 0 Å². The highest BCUT2D eigenvalue weighted by Gasteiger charge is 2.11. The molecule has 0 aliphatic carbocycles. The van der Waals surface area contributed by atoms with E-state index in [2.05, 4.69) is 80.4 Å². The molecular formula is C38H32Br2O4. The molecule has 0 spiro atoms. The van der Waals surface area contributed by atoms with Crippen molar-refractivity contribution in [1.82, 2.24) is 0 Å². The molecule has 0 bridgehead atoms. The van der Waals surface area contributed by atoms with Crippen LogP contribution < -0.4 is 0 Å². The summed E-state index contributed by atoms with van der Waals surface area (Å²) in [5.41, 5.74) is 5.73. The van der Waals surface area contributed by atoms with Gasteiger partial charge >= 0.3 is 11.9 Å². The fourth-order valence-corrected chi connectivity index (χ4v) is 6.47. The molecule has 0 amide bonds. The van der Waals surface area contributed by atoms with Gasteiger partial charge in [-0.15, -0.1) is 0 Å². The Balaban J connectivity index is 1.19. The molecule has 5 aromatic carbocycles. The number of carbonyl (C=O) groups is 2. The fraction of sp³-hybridized carbons (Fsp3) is 0.158. The molecule has 5 rings (SSSR count). The number of benzene rings is 5. The Morgan fingerprint density at radius 1 is 0.614 bits per heavy atom. The van der Waals surface area contributed by atoms with Crippen molar-refractivity contribution < 1.29 is 19.1 Å². The molecule has 6 heteroatoms. The average Bonchev–Trinajstić information content (AvgIpc) is 3.05. The molecule has 0 aliphatic rings. The molecule has 0 aliphatic heterocycles. The number of hydrogen-bond acceptors (Lipinski definition) is 4. The first-order valence-corrected chi connectivity index (χ1v) is 16.0. The minimum Gasteiger partial charge on any atom is -0.465 e. The Morgan fingerprint density at radius 2 is 1.05 bits per heavy atom. The van der Waals surface area contributed by atoms with Gasteiger partial charge < -0.3 is 9.47 Å². The summed E-state index contributed by atoms with van der Waals surface area (Å²) in [7, 11) is 2.81. The Bertz CT molecular complexity index is 1770. The summed E-state index contributed by atoms with van der Waals surface area (Å²) < 4.78 is 12.1. The minimum atomic E-state index is -0.327. The van der Waals surface area contributed by atoms with Crippen molar-refractivity contribution in [2.24, 2.45) is 0 Å². The second kappa shape index (κ2) is 14.7. The first-order valence-electron chi connectivity index (χ1n) is 14.4. The molecule has 0 heterocycles. The van der Waals surface area contributed by atoms with Crippen LogP contribution in [0.5, 0.6) is 0 Å². The van der Waals surface area contributed by atoms with Crippen LogP contribution in [0.1, 0.15) is 55.8 Å². The van der Waals surface area contributed by atoms with Crippen LogP contribution in [0.3, 0.4) is 0 Å². The zero-order valence-corrected chi connectivity index (χ0v) is 27.8. The number of methoxy groups -OCH3 is 2. The second-order valence-electron chi connectivity index (χ2n) is 10.5. The van der Waals surface area contributed by atoms with E-state index in [1.165, 1.54) is 25.3 Å². The van der Waals surface area contributed by atoms with E-state index in [4.69, 9.17) is 9.47 Å². The number of esters is 2. The van der Waals surface area contributed by atoms with Gasteiger partial charge in [0.25, 0.3) is 0 Å². The topological polar surface area (TPSA) is 52.6 Å². The summed E-state index contributed by atoms with van der Waals surface area (Å²) >= 11 is 7.56. The summed E-state index contributed by atoms with van der Waals surface area (Å²) in [4.78, 5) is 24.4. The largest absolute Gasteiger partial charge is 0.465 e. The molecular weight excluding hydrogens is 680 g/mol. The van der Waals surface area contributed by atoms with Gasteiger partial charge in [-0.3, -0.25) is 0 Å². The number of rotatable bonds is 10. The number of hydrogen-bond donors (Lipinski definition) is 0. The van der Waals surface area contributed by atoms with E-state index in [1.54, 1.807) is 12.1 Å². The molecule has 0 atom stereocenters. The van der Waals surface area contributed by atoms with Gasteiger partial charge in [-0.25, -0.2) is 9.59 Å². The summed E-state index contributed by atoms with van der Waals surface area (Å²) in [6, 6.07) is 28.0. The van der Waals surface area contributed by atoms with Crippen molar-refractivity contribution in [3.05, 3.63) is 139 Å². The number of carbonyl (C=O) groups excluding carboxylic acids is 2. The van der Waals surface area contributed by atoms with Crippen molar-refractivity contribution in [1.29, 1.82) is 0 Å². The van der Waals surface area contributed by atoms with E-state index < -0.39 is 0 Å². The summed E-state index contributed by atoms with van der Waals surface area (Å²) in [5, 5.41) is 3.81. The van der Waals surface area contributed by atoms with Crippen LogP contribution in [0.25, 0.3) is 33.7 Å². The lowest BCUT2D eigenvalue weighted by Gasteiger charge is -2.09. The third-order valence-corrected chi connectivity index (χ3v) is 9.10. The molecule has 0 radical (unpaired) electrons. The molecule has 44 heavy (non-hydrogen) atoms. The maximum Gasteiger partial charge on any atom is 0.338 e. The van der Waals surface area contributed by atoms with Crippen LogP contribution in [0, 0.1) is 0 Å². The zero-order valence-electron chi connectivity index (χ0n) is 24.6. The highest BCUT2D eigenvalue weighted by molar-refractivity contribution is 9.11. The minimum absolute atomic E-state index is 0.327. The SMILES string of the molecule is COC(=O)c1cccc2ccc(/C=C/CCc3cc(Br)c(CC/C=C/c4ccc5cccc(C(=O)OC)c5c4)cc3Br)cc12. The predicted molar refractivity (Wildman–Crippen MR) is 187 cm³/mol. The number of aryl methyl sites for hydroxylation is 2. The lowest BCUT2D eigenvalue weighted by Crippen LogP contribution is -2.01. The van der Waals surface area contributed by atoms with Crippen LogP contribution in [0.2, 0.25) is 0 Å². The third kappa shape index (κ3) is 7.37. The fourth-order valence-electron chi connectivity index (χ4n) is 5.29. The molecule has 0 saturated heterocycles. The Kier molecular flexibility index (Phi) is 10.5. The standard InChI is InChI=1S/C38H32Br2O4/c1-43-37(41)31-15-7-13-27-19-17-25(21-33(27)31)9-3-5-11-29-23-36(40)30(24-35(29)39)12-6-4-10-26-18-20-28-14-8-16-32(34(28)22-26)38(42)44-2/h3-4,7-10,13-24H,5-6,11-12H2,1-2H3/b9-3+,10-4+. The smallest absolute Gasteiger partial charge is 0.338 e. The average molecular weight is 712 g/mol. The molecule has 5 aromatic rings. The Morgan fingerprint density at radius 3 is 1.45 bits per heavy atom. The second-order valence-corrected chi connectivity index (χ2v) is 12.2. The molecule has 4 nitrogen and oxygen atoms in total. The van der Waals surface area contributed by atoms with E-state index >= 15 is 0 Å². The number of halogens is 2. The van der Waals surface area contributed by atoms with Gasteiger partial charge in [0.05, 0.1) is 25.3 Å². The van der Waals surface area contributed by atoms with E-state index in [1.807, 2.05) is 48.5 Å². The lowest BCUT2D eigenvalue weighted by atomic mass is 10.0. The molecule has 0 fully saturated rings. The first-order chi connectivity index (χ1) is 21.4. The van der Waals surface area contributed by atoms with Crippen molar-refractivity contribution in [2.45, 2.75) is 25.7 Å². The van der Waals surface area contributed by atoms with Crippen LogP contribution in [-0.4, -0.2) is 26.2 Å². The highest BCUT2D eigenvalue weighted by Crippen LogP contribution is 2.29.